The van der Waals surface area contributed by atoms with Crippen molar-refractivity contribution in [2.75, 3.05) is 18.5 Å². The fourth-order valence-corrected chi connectivity index (χ4v) is 3.35. The summed E-state index contributed by atoms with van der Waals surface area (Å²) in [5, 5.41) is 15.4. The van der Waals surface area contributed by atoms with Crippen LogP contribution >= 0.6 is 27.5 Å². The van der Waals surface area contributed by atoms with Gasteiger partial charge in [0.15, 0.2) is 18.1 Å². The highest BCUT2D eigenvalue weighted by atomic mass is 79.9. The molecule has 0 unspecified atom stereocenters. The van der Waals surface area contributed by atoms with E-state index in [0.29, 0.717) is 30.3 Å². The molecule has 9 heteroatoms. The number of benzene rings is 2. The molecule has 3 N–H and O–H groups in total. The monoisotopic (exact) mass is 512 g/mol. The van der Waals surface area contributed by atoms with Crippen LogP contribution in [0.5, 0.6) is 11.5 Å². The van der Waals surface area contributed by atoms with E-state index in [0.717, 1.165) is 10.0 Å². The van der Waals surface area contributed by atoms with Gasteiger partial charge >= 0.3 is 5.97 Å². The van der Waals surface area contributed by atoms with Crippen LogP contribution in [-0.4, -0.2) is 35.7 Å². The lowest BCUT2D eigenvalue weighted by atomic mass is 10.1. The zero-order chi connectivity index (χ0) is 23.2. The number of ether oxygens (including phenoxy) is 2. The Morgan fingerprint density at radius 1 is 1.13 bits per heavy atom. The van der Waals surface area contributed by atoms with E-state index in [4.69, 9.17) is 21.1 Å². The summed E-state index contributed by atoms with van der Waals surface area (Å²) in [6.45, 7) is 8.24. The van der Waals surface area contributed by atoms with Gasteiger partial charge in [0.2, 0.25) is 0 Å². The number of hydrogen-bond donors (Lipinski definition) is 3. The van der Waals surface area contributed by atoms with Crippen molar-refractivity contribution in [1.29, 1.82) is 0 Å². The van der Waals surface area contributed by atoms with E-state index in [9.17, 15) is 14.7 Å². The van der Waals surface area contributed by atoms with Gasteiger partial charge in [-0.3, -0.25) is 4.79 Å². The van der Waals surface area contributed by atoms with Crippen molar-refractivity contribution in [3.05, 3.63) is 51.0 Å². The fourth-order valence-electron chi connectivity index (χ4n) is 2.69. The Kier molecular flexibility index (Phi) is 8.59. The first-order valence-electron chi connectivity index (χ1n) is 9.66. The van der Waals surface area contributed by atoms with E-state index in [-0.39, 0.29) is 28.6 Å². The highest BCUT2D eigenvalue weighted by Gasteiger charge is 2.17. The SMILES string of the molecule is CCOc1cc(CNc2ccc(Cl)c(C(=O)O)c2)c(Br)cc1OCC(=O)NC(C)(C)C. The number of rotatable bonds is 9. The van der Waals surface area contributed by atoms with Crippen molar-refractivity contribution in [2.24, 2.45) is 0 Å². The molecule has 0 aliphatic heterocycles. The summed E-state index contributed by atoms with van der Waals surface area (Å²) in [7, 11) is 0. The van der Waals surface area contributed by atoms with Gasteiger partial charge in [0.05, 0.1) is 17.2 Å². The fraction of sp³-hybridized carbons (Fsp3) is 0.364. The summed E-state index contributed by atoms with van der Waals surface area (Å²) >= 11 is 9.44. The molecule has 2 aromatic carbocycles. The number of carbonyl (C=O) groups is 2. The first-order valence-corrected chi connectivity index (χ1v) is 10.8. The summed E-state index contributed by atoms with van der Waals surface area (Å²) in [5.41, 5.74) is 1.16. The molecule has 2 rings (SSSR count). The second-order valence-corrected chi connectivity index (χ2v) is 9.03. The van der Waals surface area contributed by atoms with Crippen LogP contribution < -0.4 is 20.1 Å². The second-order valence-electron chi connectivity index (χ2n) is 7.76. The van der Waals surface area contributed by atoms with Gasteiger partial charge in [-0.2, -0.15) is 0 Å². The molecule has 2 aromatic rings. The Labute approximate surface area is 195 Å². The zero-order valence-electron chi connectivity index (χ0n) is 17.8. The Bertz CT molecular complexity index is 960. The Hall–Kier alpha value is -2.45. The summed E-state index contributed by atoms with van der Waals surface area (Å²) in [6, 6.07) is 8.28. The van der Waals surface area contributed by atoms with Crippen LogP contribution in [0.1, 0.15) is 43.6 Å². The number of carbonyl (C=O) groups excluding carboxylic acids is 1. The van der Waals surface area contributed by atoms with Crippen LogP contribution in [0.15, 0.2) is 34.8 Å². The van der Waals surface area contributed by atoms with Gasteiger partial charge in [-0.05, 0) is 63.6 Å². The molecule has 31 heavy (non-hydrogen) atoms. The molecule has 168 valence electrons. The predicted octanol–water partition coefficient (Wildman–Crippen LogP) is 5.11. The zero-order valence-corrected chi connectivity index (χ0v) is 20.2. The highest BCUT2D eigenvalue weighted by Crippen LogP contribution is 2.34. The average molecular weight is 514 g/mol. The molecular formula is C22H26BrClN2O5. The third kappa shape index (κ3) is 7.63. The molecule has 0 aliphatic rings. The molecule has 0 aliphatic carbocycles. The minimum atomic E-state index is -1.09. The maximum absolute atomic E-state index is 12.1. The Balaban J connectivity index is 2.15. The van der Waals surface area contributed by atoms with E-state index in [1.807, 2.05) is 33.8 Å². The molecule has 7 nitrogen and oxygen atoms in total. The van der Waals surface area contributed by atoms with Gasteiger partial charge < -0.3 is 25.2 Å². The van der Waals surface area contributed by atoms with Gasteiger partial charge in [0.25, 0.3) is 5.91 Å². The molecular weight excluding hydrogens is 488 g/mol. The molecule has 0 fully saturated rings. The molecule has 0 bridgehead atoms. The van der Waals surface area contributed by atoms with E-state index in [1.165, 1.54) is 12.1 Å². The van der Waals surface area contributed by atoms with Gasteiger partial charge in [0.1, 0.15) is 0 Å². The third-order valence-corrected chi connectivity index (χ3v) is 5.03. The van der Waals surface area contributed by atoms with Crippen molar-refractivity contribution in [2.45, 2.75) is 39.8 Å². The normalized spacial score (nSPS) is 11.0. The molecule has 0 saturated carbocycles. The minimum Gasteiger partial charge on any atom is -0.490 e. The van der Waals surface area contributed by atoms with E-state index < -0.39 is 5.97 Å². The van der Waals surface area contributed by atoms with Crippen LogP contribution in [-0.2, 0) is 11.3 Å². The summed E-state index contributed by atoms with van der Waals surface area (Å²) in [4.78, 5) is 23.3. The maximum atomic E-state index is 12.1. The van der Waals surface area contributed by atoms with Gasteiger partial charge in [-0.1, -0.05) is 27.5 Å². The van der Waals surface area contributed by atoms with Gasteiger partial charge in [-0.15, -0.1) is 0 Å². The molecule has 0 atom stereocenters. The van der Waals surface area contributed by atoms with E-state index in [2.05, 4.69) is 26.6 Å². The van der Waals surface area contributed by atoms with Crippen LogP contribution in [0.3, 0.4) is 0 Å². The topological polar surface area (TPSA) is 96.9 Å². The van der Waals surface area contributed by atoms with E-state index >= 15 is 0 Å². The minimum absolute atomic E-state index is 0.0259. The number of amides is 1. The Morgan fingerprint density at radius 2 is 1.81 bits per heavy atom. The van der Waals surface area contributed by atoms with Crippen LogP contribution in [0, 0.1) is 0 Å². The molecule has 1 amide bonds. The number of carboxylic acids is 1. The molecule has 0 heterocycles. The quantitative estimate of drug-likeness (QED) is 0.431. The lowest BCUT2D eigenvalue weighted by molar-refractivity contribution is -0.124. The van der Waals surface area contributed by atoms with Crippen LogP contribution in [0.25, 0.3) is 0 Å². The predicted molar refractivity (Wildman–Crippen MR) is 124 cm³/mol. The smallest absolute Gasteiger partial charge is 0.337 e. The maximum Gasteiger partial charge on any atom is 0.337 e. The number of nitrogens with one attached hydrogen (secondary N) is 2. The average Bonchev–Trinajstić information content (AvgIpc) is 2.66. The second kappa shape index (κ2) is 10.7. The largest absolute Gasteiger partial charge is 0.490 e. The number of aromatic carboxylic acids is 1. The van der Waals surface area contributed by atoms with Crippen molar-refractivity contribution in [1.82, 2.24) is 5.32 Å². The van der Waals surface area contributed by atoms with Crippen LogP contribution in [0.4, 0.5) is 5.69 Å². The molecule has 0 spiro atoms. The standard InChI is InChI=1S/C22H26BrClN2O5/c1-5-30-18-8-13(11-25-14-6-7-17(24)15(9-14)21(28)29)16(23)10-19(18)31-12-20(27)26-22(2,3)4/h6-10,25H,5,11-12H2,1-4H3,(H,26,27)(H,28,29). The number of anilines is 1. The Morgan fingerprint density at radius 3 is 2.42 bits per heavy atom. The third-order valence-electron chi connectivity index (χ3n) is 3.97. The van der Waals surface area contributed by atoms with Crippen molar-refractivity contribution in [3.63, 3.8) is 0 Å². The summed E-state index contributed by atoms with van der Waals surface area (Å²) in [5.74, 6) is -0.367. The van der Waals surface area contributed by atoms with Gasteiger partial charge in [0, 0.05) is 22.2 Å². The summed E-state index contributed by atoms with van der Waals surface area (Å²) in [6.07, 6.45) is 0. The van der Waals surface area contributed by atoms with Crippen molar-refractivity contribution in [3.8, 4) is 11.5 Å². The van der Waals surface area contributed by atoms with Gasteiger partial charge in [-0.25, -0.2) is 4.79 Å². The van der Waals surface area contributed by atoms with Crippen molar-refractivity contribution >= 4 is 45.1 Å². The number of halogens is 2. The lowest BCUT2D eigenvalue weighted by Crippen LogP contribution is -2.43. The number of hydrogen-bond acceptors (Lipinski definition) is 5. The van der Waals surface area contributed by atoms with Crippen molar-refractivity contribution < 1.29 is 24.2 Å². The first kappa shape index (κ1) is 24.8. The molecule has 0 saturated heterocycles. The molecule has 0 radical (unpaired) electrons. The lowest BCUT2D eigenvalue weighted by Gasteiger charge is -2.21. The first-order chi connectivity index (χ1) is 14.5. The van der Waals surface area contributed by atoms with E-state index in [1.54, 1.807) is 12.1 Å². The number of carboxylic acid groups (broad SMARTS) is 1. The summed E-state index contributed by atoms with van der Waals surface area (Å²) < 4.78 is 12.1. The van der Waals surface area contributed by atoms with Crippen LogP contribution in [0.2, 0.25) is 5.02 Å². The highest BCUT2D eigenvalue weighted by molar-refractivity contribution is 9.10. The molecule has 0 aromatic heterocycles.